The molecule has 0 aromatic carbocycles. The first kappa shape index (κ1) is 16.2. The molecule has 116 valence electrons. The van der Waals surface area contributed by atoms with E-state index in [0.717, 1.165) is 10.4 Å². The van der Waals surface area contributed by atoms with E-state index < -0.39 is 0 Å². The molecule has 0 saturated heterocycles. The topological polar surface area (TPSA) is 68.3 Å². The van der Waals surface area contributed by atoms with Gasteiger partial charge in [0.25, 0.3) is 0 Å². The van der Waals surface area contributed by atoms with Gasteiger partial charge in [0.2, 0.25) is 11.8 Å². The summed E-state index contributed by atoms with van der Waals surface area (Å²) in [6, 6.07) is 7.29. The van der Waals surface area contributed by atoms with E-state index in [9.17, 15) is 9.59 Å². The van der Waals surface area contributed by atoms with E-state index in [0.29, 0.717) is 17.3 Å². The molecule has 0 spiro atoms. The lowest BCUT2D eigenvalue weighted by Gasteiger charge is -2.06. The molecule has 0 radical (unpaired) electrons. The van der Waals surface area contributed by atoms with Gasteiger partial charge in [-0.25, -0.2) is 4.98 Å². The van der Waals surface area contributed by atoms with Crippen molar-refractivity contribution in [2.24, 2.45) is 0 Å². The van der Waals surface area contributed by atoms with E-state index in [2.05, 4.69) is 10.3 Å². The number of Topliss-reactive ketones (excluding diaryl/α,β-unsaturated/α-hetero) is 1. The van der Waals surface area contributed by atoms with Crippen molar-refractivity contribution in [3.8, 4) is 5.88 Å². The zero-order valence-corrected chi connectivity index (χ0v) is 13.4. The maximum absolute atomic E-state index is 11.9. The van der Waals surface area contributed by atoms with Crippen LogP contribution in [0, 0.1) is 6.92 Å². The van der Waals surface area contributed by atoms with Crippen molar-refractivity contribution in [2.45, 2.75) is 26.3 Å². The number of methoxy groups -OCH3 is 1. The van der Waals surface area contributed by atoms with Crippen LogP contribution in [0.25, 0.3) is 0 Å². The van der Waals surface area contributed by atoms with Crippen LogP contribution in [0.3, 0.4) is 0 Å². The van der Waals surface area contributed by atoms with Crippen LogP contribution in [0.2, 0.25) is 0 Å². The Bertz CT molecular complexity index is 667. The highest BCUT2D eigenvalue weighted by molar-refractivity contribution is 7.14. The average molecular weight is 318 g/mol. The van der Waals surface area contributed by atoms with E-state index >= 15 is 0 Å². The number of hydrogen-bond donors (Lipinski definition) is 1. The monoisotopic (exact) mass is 318 g/mol. The van der Waals surface area contributed by atoms with Gasteiger partial charge in [0, 0.05) is 36.5 Å². The second-order valence-electron chi connectivity index (χ2n) is 4.82. The molecule has 2 heterocycles. The van der Waals surface area contributed by atoms with Crippen LogP contribution in [0.4, 0.5) is 0 Å². The van der Waals surface area contributed by atoms with Gasteiger partial charge in [0.15, 0.2) is 5.78 Å². The number of ether oxygens (including phenoxy) is 1. The number of amides is 1. The maximum atomic E-state index is 11.9. The van der Waals surface area contributed by atoms with E-state index in [1.54, 1.807) is 19.4 Å². The van der Waals surface area contributed by atoms with Gasteiger partial charge in [0.1, 0.15) is 0 Å². The van der Waals surface area contributed by atoms with Crippen molar-refractivity contribution in [2.75, 3.05) is 7.11 Å². The first-order valence-electron chi connectivity index (χ1n) is 6.93. The number of thiophene rings is 1. The molecule has 0 aliphatic heterocycles. The second kappa shape index (κ2) is 7.70. The minimum Gasteiger partial charge on any atom is -0.481 e. The summed E-state index contributed by atoms with van der Waals surface area (Å²) in [6.07, 6.45) is 2.05. The van der Waals surface area contributed by atoms with Crippen LogP contribution in [-0.4, -0.2) is 23.8 Å². The number of pyridine rings is 1. The molecule has 2 rings (SSSR count). The first-order valence-corrected chi connectivity index (χ1v) is 7.75. The van der Waals surface area contributed by atoms with E-state index in [-0.39, 0.29) is 24.5 Å². The predicted octanol–water partition coefficient (Wildman–Crippen LogP) is 2.74. The molecule has 0 aliphatic carbocycles. The van der Waals surface area contributed by atoms with E-state index in [1.807, 2.05) is 25.1 Å². The molecule has 0 bridgehead atoms. The zero-order valence-electron chi connectivity index (χ0n) is 12.6. The molecule has 0 atom stereocenters. The van der Waals surface area contributed by atoms with Gasteiger partial charge in [-0.3, -0.25) is 9.59 Å². The fourth-order valence-electron chi connectivity index (χ4n) is 1.90. The zero-order chi connectivity index (χ0) is 15.9. The van der Waals surface area contributed by atoms with Crippen LogP contribution in [0.1, 0.15) is 33.0 Å². The number of ketones is 1. The molecule has 0 unspecified atom stereocenters. The number of carbonyl (C=O) groups is 2. The highest BCUT2D eigenvalue weighted by atomic mass is 32.1. The molecule has 2 aromatic rings. The molecule has 22 heavy (non-hydrogen) atoms. The second-order valence-corrected chi connectivity index (χ2v) is 6.10. The summed E-state index contributed by atoms with van der Waals surface area (Å²) in [5, 5.41) is 2.79. The molecular weight excluding hydrogens is 300 g/mol. The third kappa shape index (κ3) is 4.66. The van der Waals surface area contributed by atoms with Gasteiger partial charge < -0.3 is 10.1 Å². The number of nitrogens with one attached hydrogen (secondary N) is 1. The van der Waals surface area contributed by atoms with Crippen molar-refractivity contribution >= 4 is 23.0 Å². The van der Waals surface area contributed by atoms with E-state index in [1.165, 1.54) is 11.3 Å². The summed E-state index contributed by atoms with van der Waals surface area (Å²) in [4.78, 5) is 29.5. The SMILES string of the molecule is COc1cc(CNC(=O)CCC(=O)c2ccc(C)s2)ccn1. The van der Waals surface area contributed by atoms with Crippen LogP contribution < -0.4 is 10.1 Å². The van der Waals surface area contributed by atoms with Gasteiger partial charge in [0.05, 0.1) is 12.0 Å². The number of rotatable bonds is 7. The third-order valence-corrected chi connectivity index (χ3v) is 4.13. The van der Waals surface area contributed by atoms with Crippen LogP contribution in [-0.2, 0) is 11.3 Å². The molecule has 1 N–H and O–H groups in total. The maximum Gasteiger partial charge on any atom is 0.220 e. The van der Waals surface area contributed by atoms with Crippen molar-refractivity contribution in [1.29, 1.82) is 0 Å². The lowest BCUT2D eigenvalue weighted by molar-refractivity contribution is -0.121. The minimum atomic E-state index is -0.141. The van der Waals surface area contributed by atoms with Crippen LogP contribution >= 0.6 is 11.3 Å². The Morgan fingerprint density at radius 1 is 1.27 bits per heavy atom. The van der Waals surface area contributed by atoms with E-state index in [4.69, 9.17) is 4.74 Å². The number of aryl methyl sites for hydroxylation is 1. The number of hydrogen-bond acceptors (Lipinski definition) is 5. The molecule has 6 heteroatoms. The van der Waals surface area contributed by atoms with Crippen molar-refractivity contribution in [3.05, 3.63) is 45.8 Å². The Balaban J connectivity index is 1.77. The number of carbonyl (C=O) groups excluding carboxylic acids is 2. The smallest absolute Gasteiger partial charge is 0.220 e. The highest BCUT2D eigenvalue weighted by Crippen LogP contribution is 2.17. The van der Waals surface area contributed by atoms with Gasteiger partial charge in [-0.1, -0.05) is 0 Å². The number of nitrogens with zero attached hydrogens (tertiary/aromatic N) is 1. The summed E-state index contributed by atoms with van der Waals surface area (Å²) < 4.78 is 5.02. The molecule has 1 amide bonds. The van der Waals surface area contributed by atoms with Crippen molar-refractivity contribution < 1.29 is 14.3 Å². The van der Waals surface area contributed by atoms with Crippen molar-refractivity contribution in [1.82, 2.24) is 10.3 Å². The number of aromatic nitrogens is 1. The predicted molar refractivity (Wildman–Crippen MR) is 85.3 cm³/mol. The Morgan fingerprint density at radius 2 is 2.09 bits per heavy atom. The summed E-state index contributed by atoms with van der Waals surface area (Å²) in [7, 11) is 1.54. The largest absolute Gasteiger partial charge is 0.481 e. The lowest BCUT2D eigenvalue weighted by Crippen LogP contribution is -2.23. The molecule has 0 saturated carbocycles. The Morgan fingerprint density at radius 3 is 2.77 bits per heavy atom. The summed E-state index contributed by atoms with van der Waals surface area (Å²) in [5.74, 6) is 0.381. The standard InChI is InChI=1S/C16H18N2O3S/c1-11-3-5-14(22-11)13(19)4-6-15(20)18-10-12-7-8-17-16(9-12)21-2/h3,5,7-9H,4,6,10H2,1-2H3,(H,18,20). The van der Waals surface area contributed by atoms with Gasteiger partial charge in [-0.15, -0.1) is 11.3 Å². The average Bonchev–Trinajstić information content (AvgIpc) is 2.97. The summed E-state index contributed by atoms with van der Waals surface area (Å²) in [5.41, 5.74) is 0.903. The highest BCUT2D eigenvalue weighted by Gasteiger charge is 2.11. The van der Waals surface area contributed by atoms with Gasteiger partial charge in [-0.2, -0.15) is 0 Å². The molecule has 2 aromatic heterocycles. The Kier molecular flexibility index (Phi) is 5.66. The lowest BCUT2D eigenvalue weighted by atomic mass is 10.2. The Labute approximate surface area is 133 Å². The fraction of sp³-hybridized carbons (Fsp3) is 0.312. The fourth-order valence-corrected chi connectivity index (χ4v) is 2.73. The van der Waals surface area contributed by atoms with Crippen molar-refractivity contribution in [3.63, 3.8) is 0 Å². The quantitative estimate of drug-likeness (QED) is 0.797. The molecule has 0 fully saturated rings. The third-order valence-electron chi connectivity index (χ3n) is 3.09. The van der Waals surface area contributed by atoms with Gasteiger partial charge in [-0.05, 0) is 30.7 Å². The summed E-state index contributed by atoms with van der Waals surface area (Å²) >= 11 is 1.46. The normalized spacial score (nSPS) is 10.3. The first-order chi connectivity index (χ1) is 10.6. The summed E-state index contributed by atoms with van der Waals surface area (Å²) in [6.45, 7) is 2.35. The molecule has 0 aliphatic rings. The van der Waals surface area contributed by atoms with Crippen LogP contribution in [0.5, 0.6) is 5.88 Å². The minimum absolute atomic E-state index is 0.0128. The molecule has 5 nitrogen and oxygen atoms in total. The Hall–Kier alpha value is -2.21. The van der Waals surface area contributed by atoms with Crippen LogP contribution in [0.15, 0.2) is 30.5 Å². The molecular formula is C16H18N2O3S. The van der Waals surface area contributed by atoms with Gasteiger partial charge >= 0.3 is 0 Å².